The predicted octanol–water partition coefficient (Wildman–Crippen LogP) is 5.71. The SMILES string of the molecule is CCCCN(CCCC)C(=O)/C=C/c1ccc(OCc2ccccc2)cc1. The summed E-state index contributed by atoms with van der Waals surface area (Å²) < 4.78 is 5.80. The van der Waals surface area contributed by atoms with Crippen molar-refractivity contribution < 1.29 is 9.53 Å². The molecule has 0 unspecified atom stereocenters. The number of rotatable bonds is 11. The van der Waals surface area contributed by atoms with Crippen LogP contribution in [0.25, 0.3) is 6.08 Å². The maximum Gasteiger partial charge on any atom is 0.246 e. The van der Waals surface area contributed by atoms with E-state index in [0.29, 0.717) is 6.61 Å². The third kappa shape index (κ3) is 7.69. The van der Waals surface area contributed by atoms with Crippen LogP contribution >= 0.6 is 0 Å². The van der Waals surface area contributed by atoms with Crippen LogP contribution in [-0.4, -0.2) is 23.9 Å². The Labute approximate surface area is 163 Å². The summed E-state index contributed by atoms with van der Waals surface area (Å²) in [5, 5.41) is 0. The molecule has 0 saturated carbocycles. The zero-order valence-electron chi connectivity index (χ0n) is 16.6. The van der Waals surface area contributed by atoms with E-state index in [9.17, 15) is 4.79 Å². The molecule has 0 spiro atoms. The Morgan fingerprint density at radius 2 is 1.56 bits per heavy atom. The molecule has 0 radical (unpaired) electrons. The number of benzene rings is 2. The molecule has 0 aliphatic rings. The first-order valence-corrected chi connectivity index (χ1v) is 9.96. The molecule has 0 aromatic heterocycles. The Kier molecular flexibility index (Phi) is 9.19. The van der Waals surface area contributed by atoms with E-state index in [1.54, 1.807) is 6.08 Å². The van der Waals surface area contributed by atoms with Crippen LogP contribution in [0.15, 0.2) is 60.7 Å². The smallest absolute Gasteiger partial charge is 0.246 e. The number of amides is 1. The van der Waals surface area contributed by atoms with E-state index >= 15 is 0 Å². The van der Waals surface area contributed by atoms with Crippen LogP contribution < -0.4 is 4.74 Å². The van der Waals surface area contributed by atoms with Gasteiger partial charge in [-0.25, -0.2) is 0 Å². The van der Waals surface area contributed by atoms with Crippen molar-refractivity contribution in [2.24, 2.45) is 0 Å². The van der Waals surface area contributed by atoms with E-state index in [2.05, 4.69) is 13.8 Å². The third-order valence-corrected chi connectivity index (χ3v) is 4.42. The van der Waals surface area contributed by atoms with Crippen molar-refractivity contribution in [1.82, 2.24) is 4.90 Å². The lowest BCUT2D eigenvalue weighted by atomic mass is 10.2. The molecule has 0 saturated heterocycles. The van der Waals surface area contributed by atoms with Crippen molar-refractivity contribution in [2.75, 3.05) is 13.1 Å². The van der Waals surface area contributed by atoms with Crippen molar-refractivity contribution in [3.8, 4) is 5.75 Å². The second-order valence-corrected chi connectivity index (χ2v) is 6.71. The zero-order chi connectivity index (χ0) is 19.3. The number of hydrogen-bond acceptors (Lipinski definition) is 2. The van der Waals surface area contributed by atoms with Gasteiger partial charge in [-0.05, 0) is 42.2 Å². The monoisotopic (exact) mass is 365 g/mol. The van der Waals surface area contributed by atoms with Crippen molar-refractivity contribution in [1.29, 1.82) is 0 Å². The molecular weight excluding hydrogens is 334 g/mol. The fraction of sp³-hybridized carbons (Fsp3) is 0.375. The van der Waals surface area contributed by atoms with Gasteiger partial charge in [-0.1, -0.05) is 69.2 Å². The van der Waals surface area contributed by atoms with Gasteiger partial charge in [-0.2, -0.15) is 0 Å². The highest BCUT2D eigenvalue weighted by atomic mass is 16.5. The van der Waals surface area contributed by atoms with Gasteiger partial charge in [0.2, 0.25) is 5.91 Å². The molecule has 0 aliphatic carbocycles. The van der Waals surface area contributed by atoms with E-state index < -0.39 is 0 Å². The standard InChI is InChI=1S/C24H31NO2/c1-3-5-18-25(19-6-4-2)24(26)17-14-21-12-15-23(16-13-21)27-20-22-10-8-7-9-11-22/h7-17H,3-6,18-20H2,1-2H3/b17-14+. The summed E-state index contributed by atoms with van der Waals surface area (Å²) in [5.74, 6) is 0.927. The van der Waals surface area contributed by atoms with Crippen molar-refractivity contribution in [2.45, 2.75) is 46.1 Å². The van der Waals surface area contributed by atoms with Crippen LogP contribution in [0.5, 0.6) is 5.75 Å². The Morgan fingerprint density at radius 1 is 0.926 bits per heavy atom. The van der Waals surface area contributed by atoms with E-state index in [0.717, 1.165) is 55.6 Å². The summed E-state index contributed by atoms with van der Waals surface area (Å²) in [7, 11) is 0. The van der Waals surface area contributed by atoms with Crippen LogP contribution in [0.3, 0.4) is 0 Å². The number of nitrogens with zero attached hydrogens (tertiary/aromatic N) is 1. The molecule has 2 rings (SSSR count). The molecule has 144 valence electrons. The van der Waals surface area contributed by atoms with E-state index in [-0.39, 0.29) is 5.91 Å². The van der Waals surface area contributed by atoms with Gasteiger partial charge in [0.05, 0.1) is 0 Å². The Balaban J connectivity index is 1.88. The Morgan fingerprint density at radius 3 is 2.15 bits per heavy atom. The zero-order valence-corrected chi connectivity index (χ0v) is 16.6. The van der Waals surface area contributed by atoms with Gasteiger partial charge in [-0.3, -0.25) is 4.79 Å². The summed E-state index contributed by atoms with van der Waals surface area (Å²) in [6.45, 7) is 6.54. The number of ether oxygens (including phenoxy) is 1. The fourth-order valence-corrected chi connectivity index (χ4v) is 2.72. The normalized spacial score (nSPS) is 10.9. The van der Waals surface area contributed by atoms with Crippen LogP contribution in [0.4, 0.5) is 0 Å². The molecule has 0 bridgehead atoms. The predicted molar refractivity (Wildman–Crippen MR) is 113 cm³/mol. The van der Waals surface area contributed by atoms with Crippen LogP contribution in [0.1, 0.15) is 50.7 Å². The van der Waals surface area contributed by atoms with Crippen LogP contribution in [-0.2, 0) is 11.4 Å². The summed E-state index contributed by atoms with van der Waals surface area (Å²) >= 11 is 0. The van der Waals surface area contributed by atoms with E-state index in [1.807, 2.05) is 65.6 Å². The van der Waals surface area contributed by atoms with Gasteiger partial charge < -0.3 is 9.64 Å². The lowest BCUT2D eigenvalue weighted by Gasteiger charge is -2.20. The fourth-order valence-electron chi connectivity index (χ4n) is 2.72. The van der Waals surface area contributed by atoms with Gasteiger partial charge >= 0.3 is 0 Å². The number of unbranched alkanes of at least 4 members (excludes halogenated alkanes) is 2. The van der Waals surface area contributed by atoms with Gasteiger partial charge in [0, 0.05) is 19.2 Å². The van der Waals surface area contributed by atoms with Crippen molar-refractivity contribution >= 4 is 12.0 Å². The maximum atomic E-state index is 12.5. The molecule has 0 fully saturated rings. The quantitative estimate of drug-likeness (QED) is 0.478. The molecule has 1 amide bonds. The molecule has 0 atom stereocenters. The third-order valence-electron chi connectivity index (χ3n) is 4.42. The molecule has 0 aliphatic heterocycles. The minimum atomic E-state index is 0.0984. The number of carbonyl (C=O) groups excluding carboxylic acids is 1. The maximum absolute atomic E-state index is 12.5. The van der Waals surface area contributed by atoms with Gasteiger partial charge in [0.1, 0.15) is 12.4 Å². The first-order valence-electron chi connectivity index (χ1n) is 9.96. The molecule has 2 aromatic rings. The van der Waals surface area contributed by atoms with Gasteiger partial charge in [-0.15, -0.1) is 0 Å². The molecule has 27 heavy (non-hydrogen) atoms. The first kappa shape index (κ1) is 20.8. The minimum absolute atomic E-state index is 0.0984. The van der Waals surface area contributed by atoms with E-state index in [4.69, 9.17) is 4.74 Å². The summed E-state index contributed by atoms with van der Waals surface area (Å²) in [4.78, 5) is 14.4. The highest BCUT2D eigenvalue weighted by Crippen LogP contribution is 2.15. The lowest BCUT2D eigenvalue weighted by molar-refractivity contribution is -0.126. The van der Waals surface area contributed by atoms with Crippen molar-refractivity contribution in [3.63, 3.8) is 0 Å². The minimum Gasteiger partial charge on any atom is -0.489 e. The number of hydrogen-bond donors (Lipinski definition) is 0. The molecule has 0 N–H and O–H groups in total. The van der Waals surface area contributed by atoms with Crippen molar-refractivity contribution in [3.05, 3.63) is 71.8 Å². The summed E-state index contributed by atoms with van der Waals surface area (Å²) in [6.07, 6.45) is 7.88. The average Bonchev–Trinajstić information content (AvgIpc) is 2.72. The van der Waals surface area contributed by atoms with E-state index in [1.165, 1.54) is 0 Å². The molecule has 3 heteroatoms. The topological polar surface area (TPSA) is 29.5 Å². The van der Waals surface area contributed by atoms with Gasteiger partial charge in [0.15, 0.2) is 0 Å². The summed E-state index contributed by atoms with van der Waals surface area (Å²) in [6, 6.07) is 18.0. The highest BCUT2D eigenvalue weighted by molar-refractivity contribution is 5.91. The highest BCUT2D eigenvalue weighted by Gasteiger charge is 2.09. The number of carbonyl (C=O) groups is 1. The van der Waals surface area contributed by atoms with Gasteiger partial charge in [0.25, 0.3) is 0 Å². The largest absolute Gasteiger partial charge is 0.489 e. The lowest BCUT2D eigenvalue weighted by Crippen LogP contribution is -2.31. The summed E-state index contributed by atoms with van der Waals surface area (Å²) in [5.41, 5.74) is 2.15. The Bertz CT molecular complexity index is 684. The molecular formula is C24H31NO2. The second-order valence-electron chi connectivity index (χ2n) is 6.71. The Hall–Kier alpha value is -2.55. The second kappa shape index (κ2) is 11.9. The molecule has 2 aromatic carbocycles. The molecule has 3 nitrogen and oxygen atoms in total. The average molecular weight is 366 g/mol. The first-order chi connectivity index (χ1) is 13.2. The molecule has 0 heterocycles. The van der Waals surface area contributed by atoms with Crippen LogP contribution in [0, 0.1) is 0 Å². The van der Waals surface area contributed by atoms with Crippen LogP contribution in [0.2, 0.25) is 0 Å².